The van der Waals surface area contributed by atoms with Crippen LogP contribution in [-0.4, -0.2) is 5.78 Å². The van der Waals surface area contributed by atoms with Gasteiger partial charge in [0.25, 0.3) is 0 Å². The molecule has 0 atom stereocenters. The summed E-state index contributed by atoms with van der Waals surface area (Å²) in [5, 5.41) is 0. The predicted octanol–water partition coefficient (Wildman–Crippen LogP) is 4.38. The molecule has 0 bridgehead atoms. The molecule has 0 aromatic heterocycles. The van der Waals surface area contributed by atoms with E-state index in [0.29, 0.717) is 6.61 Å². The zero-order valence-electron chi connectivity index (χ0n) is 10.9. The Labute approximate surface area is 126 Å². The molecule has 2 aromatic carbocycles. The maximum atomic E-state index is 11.5. The lowest BCUT2D eigenvalue weighted by atomic mass is 10.1. The molecule has 0 aliphatic carbocycles. The molecule has 2 nitrogen and oxygen atoms in total. The van der Waals surface area contributed by atoms with Gasteiger partial charge in [0.1, 0.15) is 12.4 Å². The van der Waals surface area contributed by atoms with Gasteiger partial charge in [-0.05, 0) is 59.7 Å². The number of hydrogen-bond donors (Lipinski definition) is 0. The van der Waals surface area contributed by atoms with Crippen LogP contribution in [0.2, 0.25) is 0 Å². The van der Waals surface area contributed by atoms with E-state index in [-0.39, 0.29) is 5.78 Å². The van der Waals surface area contributed by atoms with E-state index >= 15 is 0 Å². The van der Waals surface area contributed by atoms with Crippen LogP contribution in [0.3, 0.4) is 0 Å². The lowest BCUT2D eigenvalue weighted by Crippen LogP contribution is -2.01. The number of aryl methyl sites for hydroxylation is 1. The van der Waals surface area contributed by atoms with Crippen LogP contribution in [0.4, 0.5) is 0 Å². The van der Waals surface area contributed by atoms with Gasteiger partial charge in [-0.2, -0.15) is 0 Å². The number of ether oxygens (including phenoxy) is 1. The van der Waals surface area contributed by atoms with E-state index in [1.54, 1.807) is 6.92 Å². The number of rotatable bonds is 4. The molecule has 0 aliphatic rings. The van der Waals surface area contributed by atoms with E-state index in [0.717, 1.165) is 26.0 Å². The molecule has 0 unspecified atom stereocenters. The first kappa shape index (κ1) is 14.1. The van der Waals surface area contributed by atoms with Crippen LogP contribution in [0.5, 0.6) is 5.75 Å². The molecule has 0 saturated heterocycles. The van der Waals surface area contributed by atoms with Crippen LogP contribution in [0.25, 0.3) is 0 Å². The fourth-order valence-electron chi connectivity index (χ4n) is 1.88. The van der Waals surface area contributed by atoms with Crippen LogP contribution in [0.1, 0.15) is 28.4 Å². The molecule has 0 N–H and O–H groups in total. The maximum Gasteiger partial charge on any atom is 0.160 e. The van der Waals surface area contributed by atoms with Gasteiger partial charge in [-0.25, -0.2) is 0 Å². The van der Waals surface area contributed by atoms with Gasteiger partial charge in [0, 0.05) is 5.56 Å². The van der Waals surface area contributed by atoms with E-state index < -0.39 is 0 Å². The topological polar surface area (TPSA) is 26.3 Å². The van der Waals surface area contributed by atoms with Crippen molar-refractivity contribution >= 4 is 28.4 Å². The monoisotopic (exact) mass is 366 g/mol. The zero-order chi connectivity index (χ0) is 13.8. The molecule has 2 rings (SSSR count). The number of carbonyl (C=O) groups excluding carboxylic acids is 1. The average molecular weight is 366 g/mol. The second-order valence-corrected chi connectivity index (χ2v) is 5.59. The molecule has 98 valence electrons. The Hall–Kier alpha value is -1.36. The highest BCUT2D eigenvalue weighted by molar-refractivity contribution is 14.1. The molecule has 0 saturated carbocycles. The summed E-state index contributed by atoms with van der Waals surface area (Å²) < 4.78 is 6.78. The van der Waals surface area contributed by atoms with Crippen molar-refractivity contribution in [1.82, 2.24) is 0 Å². The summed E-state index contributed by atoms with van der Waals surface area (Å²) in [6.45, 7) is 4.06. The fraction of sp³-hybridized carbons (Fsp3) is 0.188. The Bertz CT molecular complexity index is 591. The van der Waals surface area contributed by atoms with Gasteiger partial charge < -0.3 is 4.74 Å². The maximum absolute atomic E-state index is 11.5. The van der Waals surface area contributed by atoms with Crippen molar-refractivity contribution in [2.45, 2.75) is 20.5 Å². The normalized spacial score (nSPS) is 10.3. The Balaban J connectivity index is 2.17. The molecule has 0 aliphatic heterocycles. The van der Waals surface area contributed by atoms with Crippen molar-refractivity contribution in [2.75, 3.05) is 0 Å². The van der Waals surface area contributed by atoms with Gasteiger partial charge in [-0.1, -0.05) is 30.3 Å². The van der Waals surface area contributed by atoms with Crippen LogP contribution in [0.15, 0.2) is 42.5 Å². The predicted molar refractivity (Wildman–Crippen MR) is 84.7 cm³/mol. The first-order valence-electron chi connectivity index (χ1n) is 6.05. The van der Waals surface area contributed by atoms with E-state index in [2.05, 4.69) is 22.6 Å². The Morgan fingerprint density at radius 1 is 1.21 bits per heavy atom. The molecule has 3 heteroatoms. The molecule has 2 aromatic rings. The van der Waals surface area contributed by atoms with Crippen LogP contribution < -0.4 is 4.74 Å². The quantitative estimate of drug-likeness (QED) is 0.593. The smallest absolute Gasteiger partial charge is 0.160 e. The van der Waals surface area contributed by atoms with Crippen LogP contribution >= 0.6 is 22.6 Å². The van der Waals surface area contributed by atoms with Crippen molar-refractivity contribution in [3.05, 3.63) is 62.7 Å². The standard InChI is InChI=1S/C16H15IO2/c1-11-8-16(15(17)9-14(11)12(2)18)19-10-13-6-4-3-5-7-13/h3-9H,10H2,1-2H3. The minimum Gasteiger partial charge on any atom is -0.488 e. The summed E-state index contributed by atoms with van der Waals surface area (Å²) in [7, 11) is 0. The van der Waals surface area contributed by atoms with Crippen LogP contribution in [-0.2, 0) is 6.61 Å². The second-order valence-electron chi connectivity index (χ2n) is 4.43. The Morgan fingerprint density at radius 3 is 2.53 bits per heavy atom. The Morgan fingerprint density at radius 2 is 1.89 bits per heavy atom. The summed E-state index contributed by atoms with van der Waals surface area (Å²) >= 11 is 2.20. The molecule has 0 fully saturated rings. The Kier molecular flexibility index (Phi) is 4.58. The third-order valence-electron chi connectivity index (χ3n) is 2.90. The lowest BCUT2D eigenvalue weighted by Gasteiger charge is -2.11. The first-order valence-corrected chi connectivity index (χ1v) is 7.13. The van der Waals surface area contributed by atoms with E-state index in [1.165, 1.54) is 0 Å². The van der Waals surface area contributed by atoms with Crippen LogP contribution in [0, 0.1) is 10.5 Å². The molecule has 0 heterocycles. The average Bonchev–Trinajstić information content (AvgIpc) is 2.40. The van der Waals surface area contributed by atoms with Gasteiger partial charge in [0.05, 0.1) is 3.57 Å². The second kappa shape index (κ2) is 6.19. The van der Waals surface area contributed by atoms with Crippen molar-refractivity contribution in [3.8, 4) is 5.75 Å². The zero-order valence-corrected chi connectivity index (χ0v) is 13.1. The first-order chi connectivity index (χ1) is 9.08. The third-order valence-corrected chi connectivity index (χ3v) is 3.74. The van der Waals surface area contributed by atoms with E-state index in [9.17, 15) is 4.79 Å². The number of benzene rings is 2. The number of carbonyl (C=O) groups is 1. The lowest BCUT2D eigenvalue weighted by molar-refractivity contribution is 0.101. The number of ketones is 1. The van der Waals surface area contributed by atoms with Gasteiger partial charge in [0.15, 0.2) is 5.78 Å². The van der Waals surface area contributed by atoms with E-state index in [4.69, 9.17) is 4.74 Å². The minimum atomic E-state index is 0.0880. The van der Waals surface area contributed by atoms with Gasteiger partial charge in [-0.15, -0.1) is 0 Å². The number of Topliss-reactive ketones (excluding diaryl/α,β-unsaturated/α-hetero) is 1. The summed E-state index contributed by atoms with van der Waals surface area (Å²) in [4.78, 5) is 11.5. The third kappa shape index (κ3) is 3.56. The number of hydrogen-bond acceptors (Lipinski definition) is 2. The summed E-state index contributed by atoms with van der Waals surface area (Å²) in [5.41, 5.74) is 2.85. The van der Waals surface area contributed by atoms with Crippen molar-refractivity contribution in [3.63, 3.8) is 0 Å². The number of halogens is 1. The molecular weight excluding hydrogens is 351 g/mol. The van der Waals surface area contributed by atoms with Crippen molar-refractivity contribution in [1.29, 1.82) is 0 Å². The highest BCUT2D eigenvalue weighted by Gasteiger charge is 2.09. The largest absolute Gasteiger partial charge is 0.488 e. The molecule has 0 amide bonds. The van der Waals surface area contributed by atoms with E-state index in [1.807, 2.05) is 49.4 Å². The van der Waals surface area contributed by atoms with Gasteiger partial charge >= 0.3 is 0 Å². The molecular formula is C16H15IO2. The minimum absolute atomic E-state index is 0.0880. The summed E-state index contributed by atoms with van der Waals surface area (Å²) in [6.07, 6.45) is 0. The molecule has 19 heavy (non-hydrogen) atoms. The fourth-order valence-corrected chi connectivity index (χ4v) is 2.50. The summed E-state index contributed by atoms with van der Waals surface area (Å²) in [5.74, 6) is 0.914. The highest BCUT2D eigenvalue weighted by Crippen LogP contribution is 2.26. The van der Waals surface area contributed by atoms with Crippen molar-refractivity contribution < 1.29 is 9.53 Å². The van der Waals surface area contributed by atoms with Gasteiger partial charge in [0.2, 0.25) is 0 Å². The molecule has 0 spiro atoms. The highest BCUT2D eigenvalue weighted by atomic mass is 127. The SMILES string of the molecule is CC(=O)c1cc(I)c(OCc2ccccc2)cc1C. The summed E-state index contributed by atoms with van der Waals surface area (Å²) in [6, 6.07) is 13.9. The molecule has 0 radical (unpaired) electrons. The van der Waals surface area contributed by atoms with Gasteiger partial charge in [-0.3, -0.25) is 4.79 Å². The van der Waals surface area contributed by atoms with Crippen molar-refractivity contribution in [2.24, 2.45) is 0 Å².